The number of hydrogen-bond acceptors (Lipinski definition) is 5. The maximum Gasteiger partial charge on any atom is 0.173 e. The van der Waals surface area contributed by atoms with Gasteiger partial charge in [-0.15, -0.1) is 0 Å². The quantitative estimate of drug-likeness (QED) is 0.162. The highest BCUT2D eigenvalue weighted by Gasteiger charge is 2.38. The Balaban J connectivity index is 1.27. The van der Waals surface area contributed by atoms with E-state index >= 15 is 0 Å². The number of nitrogens with zero attached hydrogens (tertiary/aromatic N) is 1. The van der Waals surface area contributed by atoms with Gasteiger partial charge in [0.25, 0.3) is 0 Å². The first-order chi connectivity index (χ1) is 17.6. The van der Waals surface area contributed by atoms with Crippen molar-refractivity contribution < 1.29 is 18.3 Å². The van der Waals surface area contributed by atoms with E-state index in [0.29, 0.717) is 5.56 Å². The number of hydrogen-bond donors (Lipinski definition) is 0. The lowest BCUT2D eigenvalue weighted by atomic mass is 9.81. The van der Waals surface area contributed by atoms with E-state index in [1.54, 1.807) is 0 Å². The zero-order valence-electron chi connectivity index (χ0n) is 23.5. The Labute approximate surface area is 226 Å². The summed E-state index contributed by atoms with van der Waals surface area (Å²) in [5.41, 5.74) is 3.11. The predicted octanol–water partition coefficient (Wildman–Crippen LogP) is 7.64. The van der Waals surface area contributed by atoms with Crippen LogP contribution in [-0.4, -0.2) is 49.7 Å². The lowest BCUT2D eigenvalue weighted by Gasteiger charge is -2.41. The molecule has 0 saturated carbocycles. The Morgan fingerprint density at radius 2 is 1.49 bits per heavy atom. The van der Waals surface area contributed by atoms with Gasteiger partial charge in [0.2, 0.25) is 0 Å². The zero-order valence-corrected chi connectivity index (χ0v) is 25.5. The SMILES string of the molecule is C[Si](C)(C)O[Si](C)(C)CCCOCC1(CCCCCOc2ccc(-c3ccc(C#N)cc3)cc2)COC1. The van der Waals surface area contributed by atoms with Crippen LogP contribution in [0.2, 0.25) is 38.8 Å². The maximum absolute atomic E-state index is 8.95. The van der Waals surface area contributed by atoms with Gasteiger partial charge in [0.1, 0.15) is 5.75 Å². The fraction of sp³-hybridized carbons (Fsp3) is 0.567. The molecule has 0 aromatic heterocycles. The van der Waals surface area contributed by atoms with Crippen LogP contribution in [0.25, 0.3) is 11.1 Å². The van der Waals surface area contributed by atoms with Crippen LogP contribution in [0.5, 0.6) is 5.75 Å². The molecule has 1 fully saturated rings. The van der Waals surface area contributed by atoms with E-state index in [9.17, 15) is 0 Å². The normalized spacial score (nSPS) is 15.1. The van der Waals surface area contributed by atoms with E-state index in [1.165, 1.54) is 12.5 Å². The molecule has 37 heavy (non-hydrogen) atoms. The number of benzene rings is 2. The van der Waals surface area contributed by atoms with Gasteiger partial charge in [-0.05, 0) is 93.4 Å². The van der Waals surface area contributed by atoms with Crippen LogP contribution < -0.4 is 4.74 Å². The smallest absolute Gasteiger partial charge is 0.173 e. The Morgan fingerprint density at radius 1 is 0.838 bits per heavy atom. The van der Waals surface area contributed by atoms with Gasteiger partial charge < -0.3 is 18.3 Å². The first-order valence-electron chi connectivity index (χ1n) is 13.7. The van der Waals surface area contributed by atoms with E-state index < -0.39 is 16.6 Å². The lowest BCUT2D eigenvalue weighted by Crippen LogP contribution is -2.46. The second-order valence-electron chi connectivity index (χ2n) is 12.0. The minimum Gasteiger partial charge on any atom is -0.494 e. The van der Waals surface area contributed by atoms with Crippen LogP contribution in [-0.2, 0) is 13.6 Å². The van der Waals surface area contributed by atoms with E-state index in [2.05, 4.69) is 50.9 Å². The average Bonchev–Trinajstić information content (AvgIpc) is 2.82. The Kier molecular flexibility index (Phi) is 11.0. The first-order valence-corrected chi connectivity index (χ1v) is 20.2. The molecule has 1 aliphatic rings. The third-order valence-corrected chi connectivity index (χ3v) is 12.9. The van der Waals surface area contributed by atoms with Crippen LogP contribution >= 0.6 is 0 Å². The summed E-state index contributed by atoms with van der Waals surface area (Å²) in [5, 5.41) is 8.95. The monoisotopic (exact) mass is 539 g/mol. The summed E-state index contributed by atoms with van der Waals surface area (Å²) in [5.74, 6) is 0.899. The molecule has 2 aromatic carbocycles. The van der Waals surface area contributed by atoms with Crippen LogP contribution in [0.4, 0.5) is 0 Å². The van der Waals surface area contributed by atoms with Gasteiger partial charge in [-0.1, -0.05) is 37.1 Å². The molecule has 0 radical (unpaired) electrons. The highest BCUT2D eigenvalue weighted by molar-refractivity contribution is 6.84. The molecule has 0 aliphatic carbocycles. The van der Waals surface area contributed by atoms with E-state index in [0.717, 1.165) is 75.6 Å². The topological polar surface area (TPSA) is 60.7 Å². The van der Waals surface area contributed by atoms with Crippen molar-refractivity contribution in [3.8, 4) is 22.9 Å². The molecule has 1 heterocycles. The van der Waals surface area contributed by atoms with E-state index in [-0.39, 0.29) is 5.41 Å². The number of ether oxygens (including phenoxy) is 3. The Morgan fingerprint density at radius 3 is 2.05 bits per heavy atom. The third-order valence-electron chi connectivity index (χ3n) is 6.70. The molecule has 202 valence electrons. The van der Waals surface area contributed by atoms with Gasteiger partial charge >= 0.3 is 0 Å². The average molecular weight is 540 g/mol. The van der Waals surface area contributed by atoms with Crippen molar-refractivity contribution in [3.05, 3.63) is 54.1 Å². The van der Waals surface area contributed by atoms with Crippen molar-refractivity contribution in [1.29, 1.82) is 5.26 Å². The molecule has 0 N–H and O–H groups in total. The van der Waals surface area contributed by atoms with Crippen molar-refractivity contribution in [1.82, 2.24) is 0 Å². The summed E-state index contributed by atoms with van der Waals surface area (Å²) >= 11 is 0. The fourth-order valence-electron chi connectivity index (χ4n) is 4.91. The summed E-state index contributed by atoms with van der Waals surface area (Å²) in [6.07, 6.45) is 5.63. The second-order valence-corrected chi connectivity index (χ2v) is 21.1. The molecule has 0 atom stereocenters. The molecule has 0 unspecified atom stereocenters. The molecule has 0 spiro atoms. The molecule has 5 nitrogen and oxygen atoms in total. The fourth-order valence-corrected chi connectivity index (χ4v) is 12.9. The summed E-state index contributed by atoms with van der Waals surface area (Å²) in [4.78, 5) is 0. The van der Waals surface area contributed by atoms with Gasteiger partial charge in [-0.2, -0.15) is 5.26 Å². The third kappa shape index (κ3) is 10.4. The van der Waals surface area contributed by atoms with Crippen LogP contribution in [0, 0.1) is 16.7 Å². The largest absolute Gasteiger partial charge is 0.494 e. The second kappa shape index (κ2) is 13.7. The van der Waals surface area contributed by atoms with E-state index in [1.807, 2.05) is 36.4 Å². The van der Waals surface area contributed by atoms with Crippen molar-refractivity contribution in [2.45, 2.75) is 70.9 Å². The summed E-state index contributed by atoms with van der Waals surface area (Å²) in [6.45, 7) is 15.5. The summed E-state index contributed by atoms with van der Waals surface area (Å²) in [7, 11) is -3.04. The van der Waals surface area contributed by atoms with Crippen molar-refractivity contribution >= 4 is 16.6 Å². The van der Waals surface area contributed by atoms with Gasteiger partial charge in [0, 0.05) is 12.0 Å². The Bertz CT molecular complexity index is 990. The van der Waals surface area contributed by atoms with Gasteiger partial charge in [-0.25, -0.2) is 0 Å². The van der Waals surface area contributed by atoms with Crippen LogP contribution in [0.1, 0.15) is 37.7 Å². The molecule has 0 amide bonds. The molecular formula is C30H45NO4Si2. The number of nitriles is 1. The van der Waals surface area contributed by atoms with Crippen molar-refractivity contribution in [2.75, 3.05) is 33.0 Å². The van der Waals surface area contributed by atoms with Gasteiger partial charge in [-0.3, -0.25) is 0 Å². The van der Waals surface area contributed by atoms with Crippen LogP contribution in [0.3, 0.4) is 0 Å². The minimum atomic E-state index is -1.57. The van der Waals surface area contributed by atoms with Crippen molar-refractivity contribution in [2.24, 2.45) is 5.41 Å². The van der Waals surface area contributed by atoms with E-state index in [4.69, 9.17) is 23.6 Å². The van der Waals surface area contributed by atoms with Gasteiger partial charge in [0.05, 0.1) is 38.1 Å². The predicted molar refractivity (Wildman–Crippen MR) is 156 cm³/mol. The zero-order chi connectivity index (χ0) is 26.8. The maximum atomic E-state index is 8.95. The first kappa shape index (κ1) is 29.6. The van der Waals surface area contributed by atoms with Crippen molar-refractivity contribution in [3.63, 3.8) is 0 Å². The highest BCUT2D eigenvalue weighted by Crippen LogP contribution is 2.34. The molecule has 3 rings (SSSR count). The molecule has 1 aliphatic heterocycles. The molecule has 2 aromatic rings. The Hall–Kier alpha value is -1.96. The molecular weight excluding hydrogens is 495 g/mol. The molecule has 1 saturated heterocycles. The summed E-state index contributed by atoms with van der Waals surface area (Å²) in [6, 6.07) is 19.2. The van der Waals surface area contributed by atoms with Crippen LogP contribution in [0.15, 0.2) is 48.5 Å². The summed E-state index contributed by atoms with van der Waals surface area (Å²) < 4.78 is 24.1. The number of unbranched alkanes of at least 4 members (excludes halogenated alkanes) is 2. The molecule has 0 bridgehead atoms. The highest BCUT2D eigenvalue weighted by atomic mass is 28.4. The number of rotatable bonds is 16. The lowest BCUT2D eigenvalue weighted by molar-refractivity contribution is -0.153. The minimum absolute atomic E-state index is 0.212. The standard InChI is InChI=1S/C30H45NO4Si2/c1-36(2,3)35-37(4,5)21-9-19-32-23-30(24-33-25-30)18-7-6-8-20-34-29-16-14-28(15-17-29)27-12-10-26(22-31)11-13-27/h10-17H,6-9,18-21,23-25H2,1-5H3. The van der Waals surface area contributed by atoms with Gasteiger partial charge in [0.15, 0.2) is 16.6 Å². The molecule has 7 heteroatoms.